The van der Waals surface area contributed by atoms with E-state index in [0.717, 1.165) is 226 Å². The number of nitrogens with two attached hydrogens (primary N) is 3. The second kappa shape index (κ2) is 41.8. The lowest BCUT2D eigenvalue weighted by Crippen LogP contribution is -2.40. The largest absolute Gasteiger partial charge is 0.573 e. The number of nitriles is 2. The van der Waals surface area contributed by atoms with E-state index in [2.05, 4.69) is 113 Å². The second-order valence-corrected chi connectivity index (χ2v) is 44.0. The van der Waals surface area contributed by atoms with Gasteiger partial charge < -0.3 is 57.8 Å². The van der Waals surface area contributed by atoms with Crippen molar-refractivity contribution in [2.24, 2.45) is 11.3 Å². The molecule has 14 heterocycles. The molecule has 2 aromatic carbocycles. The second-order valence-electron chi connectivity index (χ2n) is 36.2. The number of furan rings is 1. The number of halogens is 4. The molecule has 0 spiro atoms. The number of aromatic nitrogens is 5. The van der Waals surface area contributed by atoms with Crippen molar-refractivity contribution < 1.29 is 46.3 Å². The van der Waals surface area contributed by atoms with Crippen LogP contribution in [0.2, 0.25) is 0 Å². The van der Waals surface area contributed by atoms with E-state index in [4.69, 9.17) is 36.6 Å². The number of nitrogens with one attached hydrogen (secondary N) is 5. The van der Waals surface area contributed by atoms with Crippen molar-refractivity contribution in [3.8, 4) is 50.1 Å². The fourth-order valence-electron chi connectivity index (χ4n) is 18.0. The number of aryl methyl sites for hydroxylation is 6. The number of alkyl halides is 3. The summed E-state index contributed by atoms with van der Waals surface area (Å²) in [6, 6.07) is 29.0. The highest BCUT2D eigenvalue weighted by atomic mass is 79.9. The zero-order chi connectivity index (χ0) is 97.1. The Labute approximate surface area is 823 Å². The van der Waals surface area contributed by atoms with Crippen LogP contribution >= 0.6 is 95.3 Å². The van der Waals surface area contributed by atoms with Gasteiger partial charge in [-0.3, -0.25) is 24.0 Å². The van der Waals surface area contributed by atoms with Gasteiger partial charge >= 0.3 is 6.36 Å². The number of likely N-dealkylation sites (N-methyl/N-ethyl adjacent to an activating group) is 1. The Morgan fingerprint density at radius 3 is 1.41 bits per heavy atom. The van der Waals surface area contributed by atoms with Crippen molar-refractivity contribution in [1.29, 1.82) is 10.5 Å². The summed E-state index contributed by atoms with van der Waals surface area (Å²) in [5, 5.41) is 43.4. The van der Waals surface area contributed by atoms with Crippen LogP contribution in [0.4, 0.5) is 51.6 Å². The van der Waals surface area contributed by atoms with E-state index in [-0.39, 0.29) is 40.8 Å². The van der Waals surface area contributed by atoms with Crippen LogP contribution in [0, 0.1) is 61.7 Å². The summed E-state index contributed by atoms with van der Waals surface area (Å²) in [4.78, 5) is 97.5. The van der Waals surface area contributed by atoms with Crippen LogP contribution < -0.4 is 48.5 Å². The highest BCUT2D eigenvalue weighted by Gasteiger charge is 2.36. The van der Waals surface area contributed by atoms with Crippen LogP contribution in [0.25, 0.3) is 83.3 Å². The number of anilines is 7. The van der Waals surface area contributed by atoms with Gasteiger partial charge in [-0.25, -0.2) is 24.9 Å². The Kier molecular flexibility index (Phi) is 30.4. The third-order valence-corrected chi connectivity index (χ3v) is 32.1. The number of carbonyl (C=O) groups excluding carboxylic acids is 5. The molecular weight excluding hydrogens is 1920 g/mol. The fourth-order valence-corrected chi connectivity index (χ4v) is 25.1. The molecule has 5 amide bonds. The van der Waals surface area contributed by atoms with Crippen LogP contribution in [0.5, 0.6) is 5.75 Å². The van der Waals surface area contributed by atoms with Crippen molar-refractivity contribution in [2.75, 3.05) is 52.1 Å². The summed E-state index contributed by atoms with van der Waals surface area (Å²) in [6.07, 6.45) is 14.6. The van der Waals surface area contributed by atoms with Gasteiger partial charge in [-0.15, -0.1) is 69.9 Å². The third kappa shape index (κ3) is 21.6. The topological polar surface area (TPSA) is 361 Å². The third-order valence-electron chi connectivity index (χ3n) is 24.5. The molecule has 0 unspecified atom stereocenters. The molecule has 1 aliphatic heterocycles. The molecule has 0 bridgehead atoms. The minimum Gasteiger partial charge on any atom is -0.464 e. The zero-order valence-corrected chi connectivity index (χ0v) is 85.2. The van der Waals surface area contributed by atoms with E-state index in [1.807, 2.05) is 123 Å². The first-order valence-electron chi connectivity index (χ1n) is 45.3. The van der Waals surface area contributed by atoms with Gasteiger partial charge in [0.1, 0.15) is 72.4 Å². The first-order chi connectivity index (χ1) is 64.9. The van der Waals surface area contributed by atoms with E-state index >= 15 is 0 Å². The van der Waals surface area contributed by atoms with E-state index in [1.165, 1.54) is 133 Å². The SMILES string of the molecule is CC(C)(C)NC(=O)c1sc2nc3c(c(-c4cccs4)c2c1N)CCCCC3.CCc1c(C)nc2sc(NC(=O)C(C)(C)C)c(C#N)c2c1C.CCc1c(C)nc2sc(NC(=O)C3CCCC3)c(C#N)c2c1C.CN1CCc2nc3sc(C(=O)Nc4ccc(OC(F)(F)F)cc4)c(N)c3c(-c3cccs3)c2C1.Nc1c(C(=O)Nc2ccc(Br)cc2)sc2nc3c(c(-c4ccco4)c12)CCCCC3. The summed E-state index contributed by atoms with van der Waals surface area (Å²) < 4.78 is 47.7. The standard InChI is InChI=1S/C23H20BrN3O2S.C23H19F3N4O2S2.C21H25N3OS2.C18H21N3OS.C17H21N3OS/c24-13-8-10-14(11-9-13)26-22(28)21-20(25)19-18(17-7-4-12-29-17)15-5-2-1-3-6-16(15)27-23(19)30-21;1-30-9-8-15-14(11-30)17(16-3-2-10-33-16)18-19(27)20(34-22(18)29-15)21(31)28-12-4-6-13(7-5-12)32-23(24,25)26;1-21(2,3)24-19(25)18-17(22)16-15(14-10-7-11-26-14)12-8-5-4-6-9-13(12)23-20(16)27-18;1-4-13-10(2)15-14(9-19)17(23-18(15)20-11(13)3)21-16(22)12-7-5-6-8-12;1-7-11-9(2)13-12(8-18)14(20-16(21)17(4,5)6)22-15(13)19-10(11)3/h4,7-12H,1-3,5-6,25H2,(H,26,28);2-7,10H,8-9,11,27H2,1H3,(H,28,31);7,10-11H,4-6,8-9,22H2,1-3H3,(H,24,25);12H,4-8H2,1-3H3,(H,21,22);7H2,1-6H3,(H,20,21). The number of pyridine rings is 5. The predicted molar refractivity (Wildman–Crippen MR) is 554 cm³/mol. The highest BCUT2D eigenvalue weighted by molar-refractivity contribution is 9.10. The molecule has 11 N–H and O–H groups in total. The van der Waals surface area contributed by atoms with Crippen LogP contribution in [-0.2, 0) is 61.1 Å². The fraction of sp³-hybridized carbons (Fsp3) is 0.353. The number of nitrogen functional groups attached to an aromatic ring is 3. The number of nitrogens with zero attached hydrogens (tertiary/aromatic N) is 8. The Hall–Kier alpha value is -11.6. The molecule has 706 valence electrons. The van der Waals surface area contributed by atoms with Crippen molar-refractivity contribution in [3.63, 3.8) is 0 Å². The van der Waals surface area contributed by atoms with Gasteiger partial charge in [-0.1, -0.05) is 111 Å². The van der Waals surface area contributed by atoms with Crippen LogP contribution in [0.3, 0.4) is 0 Å². The Bertz CT molecular complexity index is 7150. The number of hydrogen-bond donors (Lipinski definition) is 8. The van der Waals surface area contributed by atoms with Crippen LogP contribution in [0.15, 0.2) is 111 Å². The first-order valence-corrected chi connectivity index (χ1v) is 51.9. The number of thiophene rings is 7. The lowest BCUT2D eigenvalue weighted by Gasteiger charge is -2.26. The molecule has 0 atom stereocenters. The van der Waals surface area contributed by atoms with Gasteiger partial charge in [-0.2, -0.15) is 10.5 Å². The summed E-state index contributed by atoms with van der Waals surface area (Å²) in [7, 11) is 2.06. The molecule has 19 rings (SSSR count). The average molecular weight is 2030 g/mol. The van der Waals surface area contributed by atoms with Gasteiger partial charge in [0.05, 0.1) is 34.5 Å². The molecule has 34 heteroatoms. The van der Waals surface area contributed by atoms with Gasteiger partial charge in [0, 0.05) is 134 Å². The Morgan fingerprint density at radius 1 is 0.529 bits per heavy atom. The smallest absolute Gasteiger partial charge is 0.464 e. The van der Waals surface area contributed by atoms with Crippen LogP contribution in [-0.4, -0.2) is 84.8 Å². The normalized spacial score (nSPS) is 13.9. The molecule has 136 heavy (non-hydrogen) atoms. The maximum absolute atomic E-state index is 13.1. The van der Waals surface area contributed by atoms with Crippen molar-refractivity contribution in [3.05, 3.63) is 200 Å². The van der Waals surface area contributed by atoms with E-state index in [0.29, 0.717) is 63.3 Å². The lowest BCUT2D eigenvalue weighted by atomic mass is 9.95. The van der Waals surface area contributed by atoms with Crippen molar-refractivity contribution in [1.82, 2.24) is 35.1 Å². The quantitative estimate of drug-likeness (QED) is 0.0469. The molecular formula is C102H106BrF3N16O7S7. The van der Waals surface area contributed by atoms with Gasteiger partial charge in [-0.05, 0) is 255 Å². The first kappa shape index (κ1) is 98.9. The monoisotopic (exact) mass is 2030 g/mol. The predicted octanol–water partition coefficient (Wildman–Crippen LogP) is 26.4. The molecule has 0 saturated heterocycles. The van der Waals surface area contributed by atoms with E-state index < -0.39 is 17.7 Å². The maximum Gasteiger partial charge on any atom is 0.573 e. The van der Waals surface area contributed by atoms with Gasteiger partial charge in [0.2, 0.25) is 11.8 Å². The maximum atomic E-state index is 13.1. The van der Waals surface area contributed by atoms with Crippen molar-refractivity contribution >= 4 is 214 Å². The summed E-state index contributed by atoms with van der Waals surface area (Å²) >= 11 is 13.5. The molecule has 3 aliphatic carbocycles. The average Bonchev–Trinajstić information content (AvgIpc) is 1.58. The summed E-state index contributed by atoms with van der Waals surface area (Å²) in [6.45, 7) is 25.4. The number of carbonyl (C=O) groups is 5. The van der Waals surface area contributed by atoms with E-state index in [9.17, 15) is 47.7 Å². The number of ether oxygens (including phenoxy) is 1. The van der Waals surface area contributed by atoms with Gasteiger partial charge in [0.25, 0.3) is 17.7 Å². The molecule has 13 aromatic heterocycles. The molecule has 4 aliphatic rings. The number of rotatable bonds is 14. The Morgan fingerprint density at radius 2 is 0.971 bits per heavy atom. The summed E-state index contributed by atoms with van der Waals surface area (Å²) in [5.41, 5.74) is 39.1. The minimum atomic E-state index is -4.78. The number of hydrogen-bond acceptors (Lipinski definition) is 25. The van der Waals surface area contributed by atoms with Gasteiger partial charge in [0.15, 0.2) is 0 Å². The lowest BCUT2D eigenvalue weighted by molar-refractivity contribution is -0.274. The van der Waals surface area contributed by atoms with E-state index in [1.54, 1.807) is 28.9 Å². The minimum absolute atomic E-state index is 0.0515. The molecule has 0 radical (unpaired) electrons. The number of benzene rings is 2. The molecule has 23 nitrogen and oxygen atoms in total. The van der Waals surface area contributed by atoms with Crippen molar-refractivity contribution in [2.45, 2.75) is 211 Å². The number of fused-ring (bicyclic) bond motifs is 8. The zero-order valence-electron chi connectivity index (χ0n) is 77.9. The highest BCUT2D eigenvalue weighted by Crippen LogP contribution is 2.50. The molecule has 1 saturated carbocycles. The molecule has 1 fully saturated rings. The number of amides is 5. The Balaban J connectivity index is 0.000000130. The summed E-state index contributed by atoms with van der Waals surface area (Å²) in [5.74, 6) is -0.326. The van der Waals surface area contributed by atoms with Crippen LogP contribution in [0.1, 0.15) is 227 Å². The molecule has 15 aromatic rings.